The van der Waals surface area contributed by atoms with Gasteiger partial charge in [-0.3, -0.25) is 0 Å². The minimum absolute atomic E-state index is 0.323. The molecule has 1 aliphatic rings. The lowest BCUT2D eigenvalue weighted by atomic mass is 9.88. The fourth-order valence-electron chi connectivity index (χ4n) is 5.21. The van der Waals surface area contributed by atoms with Gasteiger partial charge in [-0.2, -0.15) is 0 Å². The molecule has 0 atom stereocenters. The van der Waals surface area contributed by atoms with Crippen molar-refractivity contribution in [1.29, 1.82) is 0 Å². The lowest BCUT2D eigenvalue weighted by Crippen LogP contribution is -2.36. The highest BCUT2D eigenvalue weighted by Gasteiger charge is 2.25. The Morgan fingerprint density at radius 2 is 1.41 bits per heavy atom. The Hall–Kier alpha value is -2.98. The van der Waals surface area contributed by atoms with Crippen LogP contribution in [0.15, 0.2) is 84.9 Å². The van der Waals surface area contributed by atoms with E-state index < -0.39 is 6.67 Å². The molecule has 2 heterocycles. The molecule has 0 unspecified atom stereocenters. The minimum Gasteiger partial charge on any atom is -0.323 e. The van der Waals surface area contributed by atoms with Crippen molar-refractivity contribution in [3.63, 3.8) is 0 Å². The second-order valence-corrected chi connectivity index (χ2v) is 8.76. The quantitative estimate of drug-likeness (QED) is 0.343. The lowest BCUT2D eigenvalue weighted by molar-refractivity contribution is 0.182. The lowest BCUT2D eigenvalue weighted by Gasteiger charge is -2.34. The fourth-order valence-corrected chi connectivity index (χ4v) is 5.21. The molecule has 3 nitrogen and oxygen atoms in total. The molecule has 3 aromatic carbocycles. The molecule has 4 heteroatoms. The van der Waals surface area contributed by atoms with Gasteiger partial charge in [0.15, 0.2) is 0 Å². The highest BCUT2D eigenvalue weighted by Crippen LogP contribution is 2.31. The number of hydrogen-bond donors (Lipinski definition) is 0. The third kappa shape index (κ3) is 4.33. The van der Waals surface area contributed by atoms with Crippen LogP contribution in [-0.2, 0) is 6.67 Å². The highest BCUT2D eigenvalue weighted by atomic mass is 18.2. The number of nitrogens with zero attached hydrogens (tertiary/aromatic N) is 3. The monoisotopic (exact) mass is 426 g/mol. The molecule has 0 saturated carbocycles. The summed E-state index contributed by atoms with van der Waals surface area (Å²) >= 11 is 0. The van der Waals surface area contributed by atoms with Crippen LogP contribution in [0.5, 0.6) is 0 Å². The molecule has 1 aliphatic heterocycles. The molecule has 0 bridgehead atoms. The summed E-state index contributed by atoms with van der Waals surface area (Å²) in [6.45, 7) is 2.64. The van der Waals surface area contributed by atoms with Gasteiger partial charge in [0.05, 0.1) is 11.0 Å². The van der Waals surface area contributed by atoms with Gasteiger partial charge in [0, 0.05) is 25.0 Å². The zero-order valence-corrected chi connectivity index (χ0v) is 18.4. The van der Waals surface area contributed by atoms with Crippen molar-refractivity contribution in [2.75, 3.05) is 19.6 Å². The Morgan fingerprint density at radius 1 is 0.812 bits per heavy atom. The average molecular weight is 427 g/mol. The molecule has 1 saturated heterocycles. The molecule has 32 heavy (non-hydrogen) atoms. The second kappa shape index (κ2) is 9.66. The van der Waals surface area contributed by atoms with E-state index in [4.69, 9.17) is 0 Å². The first-order valence-corrected chi connectivity index (χ1v) is 11.7. The van der Waals surface area contributed by atoms with E-state index in [0.717, 1.165) is 49.9 Å². The molecule has 0 amide bonds. The normalized spacial score (nSPS) is 15.6. The SMILES string of the molecule is [18F]Cc1nc2ccccc2n1C1CCN(CCC(c2ccccc2)c2ccccc2)CC1. The molecule has 0 radical (unpaired) electrons. The maximum atomic E-state index is 13.7. The average Bonchev–Trinajstić information content (AvgIpc) is 3.25. The van der Waals surface area contributed by atoms with Crippen LogP contribution in [0.2, 0.25) is 0 Å². The molecule has 0 spiro atoms. The molecule has 4 aromatic rings. The number of rotatable bonds is 7. The van der Waals surface area contributed by atoms with E-state index in [-0.39, 0.29) is 0 Å². The van der Waals surface area contributed by atoms with Crippen LogP contribution >= 0.6 is 0 Å². The van der Waals surface area contributed by atoms with Gasteiger partial charge in [0.25, 0.3) is 0 Å². The Balaban J connectivity index is 1.26. The van der Waals surface area contributed by atoms with Crippen molar-refractivity contribution in [2.24, 2.45) is 0 Å². The molecule has 1 fully saturated rings. The first kappa shape index (κ1) is 20.9. The van der Waals surface area contributed by atoms with E-state index >= 15 is 0 Å². The third-order valence-corrected chi connectivity index (χ3v) is 6.85. The number of benzene rings is 3. The number of piperidine rings is 1. The number of hydrogen-bond acceptors (Lipinski definition) is 2. The summed E-state index contributed by atoms with van der Waals surface area (Å²) in [5.41, 5.74) is 4.72. The molecule has 5 rings (SSSR count). The maximum Gasteiger partial charge on any atom is 0.147 e. The summed E-state index contributed by atoms with van der Waals surface area (Å²) in [4.78, 5) is 7.10. The standard InChI is InChI=1S/C28H30FN3/c29-21-28-30-26-13-7-8-14-27(26)32(28)24-15-18-31(19-16-24)20-17-25(22-9-3-1-4-10-22)23-11-5-2-6-12-23/h1-14,24-25H,15-21H2/i29-1. The van der Waals surface area contributed by atoms with Crippen LogP contribution in [0.25, 0.3) is 11.0 Å². The van der Waals surface area contributed by atoms with Crippen LogP contribution < -0.4 is 0 Å². The van der Waals surface area contributed by atoms with E-state index in [9.17, 15) is 4.39 Å². The Bertz CT molecular complexity index is 1090. The Labute approximate surface area is 189 Å². The summed E-state index contributed by atoms with van der Waals surface area (Å²) in [6.07, 6.45) is 3.17. The van der Waals surface area contributed by atoms with Crippen LogP contribution in [0.3, 0.4) is 0 Å². The van der Waals surface area contributed by atoms with Crippen molar-refractivity contribution in [2.45, 2.75) is 37.9 Å². The van der Waals surface area contributed by atoms with Crippen LogP contribution in [0.1, 0.15) is 48.2 Å². The molecule has 1 aromatic heterocycles. The second-order valence-electron chi connectivity index (χ2n) is 8.76. The maximum absolute atomic E-state index is 13.7. The van der Waals surface area contributed by atoms with Crippen LogP contribution in [-0.4, -0.2) is 34.1 Å². The van der Waals surface area contributed by atoms with E-state index in [1.807, 2.05) is 18.2 Å². The zero-order chi connectivity index (χ0) is 21.8. The zero-order valence-electron chi connectivity index (χ0n) is 18.4. The van der Waals surface area contributed by atoms with Gasteiger partial charge >= 0.3 is 0 Å². The summed E-state index contributed by atoms with van der Waals surface area (Å²) in [6, 6.07) is 30.0. The van der Waals surface area contributed by atoms with Crippen LogP contribution in [0.4, 0.5) is 4.39 Å². The summed E-state index contributed by atoms with van der Waals surface area (Å²) in [5.74, 6) is 0.976. The predicted molar refractivity (Wildman–Crippen MR) is 129 cm³/mol. The van der Waals surface area contributed by atoms with Gasteiger partial charge in [-0.25, -0.2) is 9.37 Å². The molecular formula is C28H30FN3. The van der Waals surface area contributed by atoms with Gasteiger partial charge in [0.1, 0.15) is 12.5 Å². The number of likely N-dealkylation sites (tertiary alicyclic amines) is 1. The fraction of sp³-hybridized carbons (Fsp3) is 0.321. The van der Waals surface area contributed by atoms with Gasteiger partial charge in [-0.15, -0.1) is 0 Å². The van der Waals surface area contributed by atoms with E-state index in [0.29, 0.717) is 17.8 Å². The first-order valence-electron chi connectivity index (χ1n) is 11.7. The predicted octanol–water partition coefficient (Wildman–Crippen LogP) is 6.36. The van der Waals surface area contributed by atoms with Crippen molar-refractivity contribution in [1.82, 2.24) is 14.5 Å². The smallest absolute Gasteiger partial charge is 0.147 e. The van der Waals surface area contributed by atoms with Crippen molar-refractivity contribution < 1.29 is 4.39 Å². The Kier molecular flexibility index (Phi) is 6.31. The molecule has 0 aliphatic carbocycles. The number of imidazole rings is 1. The van der Waals surface area contributed by atoms with Crippen molar-refractivity contribution >= 4 is 11.0 Å². The van der Waals surface area contributed by atoms with Gasteiger partial charge in [0.2, 0.25) is 0 Å². The highest BCUT2D eigenvalue weighted by molar-refractivity contribution is 5.76. The largest absolute Gasteiger partial charge is 0.323 e. The Morgan fingerprint density at radius 3 is 2.03 bits per heavy atom. The number of halogens is 1. The number of alkyl halides is 1. The van der Waals surface area contributed by atoms with E-state index in [2.05, 4.69) is 81.2 Å². The van der Waals surface area contributed by atoms with Gasteiger partial charge < -0.3 is 9.47 Å². The van der Waals surface area contributed by atoms with Gasteiger partial charge in [-0.1, -0.05) is 72.8 Å². The summed E-state index contributed by atoms with van der Waals surface area (Å²) < 4.78 is 15.9. The number of fused-ring (bicyclic) bond motifs is 1. The minimum atomic E-state index is -0.509. The van der Waals surface area contributed by atoms with Gasteiger partial charge in [-0.05, 0) is 49.1 Å². The topological polar surface area (TPSA) is 21.1 Å². The first-order chi connectivity index (χ1) is 15.8. The molecule has 164 valence electrons. The third-order valence-electron chi connectivity index (χ3n) is 6.85. The van der Waals surface area contributed by atoms with Crippen molar-refractivity contribution in [3.8, 4) is 0 Å². The molecule has 0 N–H and O–H groups in total. The summed E-state index contributed by atoms with van der Waals surface area (Å²) in [7, 11) is 0. The summed E-state index contributed by atoms with van der Waals surface area (Å²) in [5, 5.41) is 0. The van der Waals surface area contributed by atoms with Crippen LogP contribution in [0, 0.1) is 0 Å². The number of aromatic nitrogens is 2. The van der Waals surface area contributed by atoms with Crippen molar-refractivity contribution in [3.05, 3.63) is 102 Å². The van der Waals surface area contributed by atoms with E-state index in [1.54, 1.807) is 0 Å². The molecular weight excluding hydrogens is 396 g/mol. The number of para-hydroxylation sites is 2. The van der Waals surface area contributed by atoms with E-state index in [1.165, 1.54) is 11.1 Å².